The van der Waals surface area contributed by atoms with Crippen molar-refractivity contribution < 1.29 is 50.2 Å². The maximum Gasteiger partial charge on any atom is 0.491 e. The lowest BCUT2D eigenvalue weighted by atomic mass is 9.85. The van der Waals surface area contributed by atoms with Crippen molar-refractivity contribution in [1.82, 2.24) is 14.6 Å². The van der Waals surface area contributed by atoms with Gasteiger partial charge in [-0.2, -0.15) is 26.3 Å². The average Bonchev–Trinajstić information content (AvgIpc) is 3.55. The van der Waals surface area contributed by atoms with Gasteiger partial charge >= 0.3 is 24.3 Å². The van der Waals surface area contributed by atoms with Gasteiger partial charge in [-0.3, -0.25) is 4.79 Å². The van der Waals surface area contributed by atoms with Crippen LogP contribution in [-0.2, 0) is 28.1 Å². The third-order valence-corrected chi connectivity index (χ3v) is 6.73. The molecule has 0 bridgehead atoms. The number of nitrogens with one attached hydrogen (secondary N) is 1. The Hall–Kier alpha value is -5.15. The van der Waals surface area contributed by atoms with Crippen LogP contribution in [0.1, 0.15) is 47.8 Å². The molecule has 10 nitrogen and oxygen atoms in total. The molecule has 0 saturated heterocycles. The van der Waals surface area contributed by atoms with E-state index in [1.165, 1.54) is 31.5 Å². The summed E-state index contributed by atoms with van der Waals surface area (Å²) < 4.78 is 89.1. The van der Waals surface area contributed by atoms with Crippen molar-refractivity contribution in [3.8, 4) is 11.5 Å². The molecule has 1 aliphatic rings. The second kappa shape index (κ2) is 11.1. The number of halogens is 6. The summed E-state index contributed by atoms with van der Waals surface area (Å²) in [4.78, 5) is 43.1. The van der Waals surface area contributed by atoms with Crippen molar-refractivity contribution in [2.24, 2.45) is 0 Å². The van der Waals surface area contributed by atoms with E-state index in [9.17, 15) is 40.7 Å². The lowest BCUT2D eigenvalue weighted by Crippen LogP contribution is -2.32. The Balaban J connectivity index is 1.50. The van der Waals surface area contributed by atoms with Gasteiger partial charge in [0, 0.05) is 18.7 Å². The number of hydrogen-bond acceptors (Lipinski definition) is 8. The molecular weight excluding hydrogens is 612 g/mol. The predicted molar refractivity (Wildman–Crippen MR) is 146 cm³/mol. The summed E-state index contributed by atoms with van der Waals surface area (Å²) in [7, 11) is 0. The van der Waals surface area contributed by atoms with E-state index in [1.54, 1.807) is 12.1 Å². The van der Waals surface area contributed by atoms with Crippen LogP contribution in [0, 0.1) is 0 Å². The van der Waals surface area contributed by atoms with Gasteiger partial charge in [-0.25, -0.2) is 19.1 Å². The number of ether oxygens (including phenoxy) is 2. The first kappa shape index (κ1) is 31.3. The Bertz CT molecular complexity index is 1800. The molecule has 1 N–H and O–H groups in total. The van der Waals surface area contributed by atoms with E-state index in [2.05, 4.69) is 24.9 Å². The maximum absolute atomic E-state index is 13.3. The number of esters is 2. The number of aromatic nitrogens is 3. The van der Waals surface area contributed by atoms with Gasteiger partial charge in [0.1, 0.15) is 5.82 Å². The van der Waals surface area contributed by atoms with Crippen LogP contribution in [0.2, 0.25) is 0 Å². The molecule has 0 aliphatic carbocycles. The molecular formula is C29H23F6N5O5. The standard InChI is InChI=1S/C29H23F6N5O5/c1-27(2,3)18-9-8-17(22(44-25(42)28(30,31)32)23(18)45-26(43)29(33,34)35)24(41)37-19-14-40-20(36-19)10-11-21(38-40)39-12-15-6-4-5-7-16(15)13-39/h4-11,14H,12-13H2,1-3H3,(H,37,41). The van der Waals surface area contributed by atoms with E-state index in [4.69, 9.17) is 0 Å². The molecule has 236 valence electrons. The Labute approximate surface area is 250 Å². The summed E-state index contributed by atoms with van der Waals surface area (Å²) in [6.45, 7) is 5.56. The summed E-state index contributed by atoms with van der Waals surface area (Å²) in [5.74, 6) is -8.97. The van der Waals surface area contributed by atoms with Crippen LogP contribution >= 0.6 is 0 Å². The van der Waals surface area contributed by atoms with Crippen molar-refractivity contribution in [3.05, 3.63) is 77.0 Å². The Morgan fingerprint density at radius 2 is 1.38 bits per heavy atom. The molecule has 1 amide bonds. The van der Waals surface area contributed by atoms with Gasteiger partial charge in [-0.15, -0.1) is 5.10 Å². The first-order valence-corrected chi connectivity index (χ1v) is 13.2. The molecule has 5 rings (SSSR count). The monoisotopic (exact) mass is 635 g/mol. The van der Waals surface area contributed by atoms with Crippen LogP contribution in [0.3, 0.4) is 0 Å². The molecule has 0 saturated carbocycles. The third kappa shape index (κ3) is 6.53. The van der Waals surface area contributed by atoms with Crippen molar-refractivity contribution in [3.63, 3.8) is 0 Å². The summed E-state index contributed by atoms with van der Waals surface area (Å²) in [6, 6.07) is 13.2. The molecule has 3 heterocycles. The highest BCUT2D eigenvalue weighted by Gasteiger charge is 2.45. The molecule has 0 atom stereocenters. The topological polar surface area (TPSA) is 115 Å². The number of carbonyl (C=O) groups is 3. The Morgan fingerprint density at radius 3 is 1.93 bits per heavy atom. The molecule has 0 spiro atoms. The van der Waals surface area contributed by atoms with E-state index in [1.807, 2.05) is 29.2 Å². The number of alkyl halides is 6. The first-order chi connectivity index (χ1) is 20.9. The van der Waals surface area contributed by atoms with Crippen molar-refractivity contribution in [2.75, 3.05) is 10.2 Å². The van der Waals surface area contributed by atoms with Gasteiger partial charge in [0.25, 0.3) is 5.91 Å². The fourth-order valence-corrected chi connectivity index (χ4v) is 4.62. The predicted octanol–water partition coefficient (Wildman–Crippen LogP) is 5.73. The number of nitrogens with zero attached hydrogens (tertiary/aromatic N) is 4. The number of carbonyl (C=O) groups excluding carboxylic acids is 3. The summed E-state index contributed by atoms with van der Waals surface area (Å²) in [6.07, 6.45) is -9.88. The van der Waals surface area contributed by atoms with Gasteiger partial charge < -0.3 is 19.7 Å². The number of fused-ring (bicyclic) bond motifs is 2. The quantitative estimate of drug-likeness (QED) is 0.168. The molecule has 0 fully saturated rings. The molecule has 0 radical (unpaired) electrons. The minimum absolute atomic E-state index is 0.142. The highest BCUT2D eigenvalue weighted by molar-refractivity contribution is 6.07. The van der Waals surface area contributed by atoms with E-state index >= 15 is 0 Å². The van der Waals surface area contributed by atoms with E-state index in [0.717, 1.165) is 23.3 Å². The van der Waals surface area contributed by atoms with Crippen molar-refractivity contribution >= 4 is 35.1 Å². The molecule has 16 heteroatoms. The molecule has 0 unspecified atom stereocenters. The number of imidazole rings is 1. The zero-order chi connectivity index (χ0) is 32.9. The number of benzene rings is 2. The highest BCUT2D eigenvalue weighted by Crippen LogP contribution is 2.43. The van der Waals surface area contributed by atoms with E-state index in [0.29, 0.717) is 18.9 Å². The normalized spacial score (nSPS) is 13.5. The van der Waals surface area contributed by atoms with E-state index in [-0.39, 0.29) is 17.0 Å². The largest absolute Gasteiger partial charge is 0.491 e. The number of anilines is 2. The van der Waals surface area contributed by atoms with Crippen molar-refractivity contribution in [1.29, 1.82) is 0 Å². The van der Waals surface area contributed by atoms with Gasteiger partial charge in [0.2, 0.25) is 0 Å². The molecule has 1 aliphatic heterocycles. The van der Waals surface area contributed by atoms with E-state index < -0.39 is 52.7 Å². The summed E-state index contributed by atoms with van der Waals surface area (Å²) >= 11 is 0. The van der Waals surface area contributed by atoms with Gasteiger partial charge in [0.05, 0.1) is 11.8 Å². The Kier molecular flexibility index (Phi) is 7.71. The second-order valence-corrected chi connectivity index (χ2v) is 11.0. The van der Waals surface area contributed by atoms with Crippen LogP contribution in [-0.4, -0.2) is 44.8 Å². The number of hydrogen-bond donors (Lipinski definition) is 1. The third-order valence-electron chi connectivity index (χ3n) is 6.73. The van der Waals surface area contributed by atoms with Crippen molar-refractivity contribution in [2.45, 2.75) is 51.6 Å². The van der Waals surface area contributed by atoms with Crippen LogP contribution in [0.5, 0.6) is 11.5 Å². The maximum atomic E-state index is 13.3. The fraction of sp³-hybridized carbons (Fsp3) is 0.276. The molecule has 2 aromatic heterocycles. The highest BCUT2D eigenvalue weighted by atomic mass is 19.4. The summed E-state index contributed by atoms with van der Waals surface area (Å²) in [5, 5.41) is 6.82. The molecule has 4 aromatic rings. The van der Waals surface area contributed by atoms with Crippen LogP contribution in [0.15, 0.2) is 54.7 Å². The lowest BCUT2D eigenvalue weighted by Gasteiger charge is -2.25. The smallest absolute Gasteiger partial charge is 0.416 e. The zero-order valence-electron chi connectivity index (χ0n) is 23.7. The number of rotatable bonds is 5. The lowest BCUT2D eigenvalue weighted by molar-refractivity contribution is -0.191. The minimum Gasteiger partial charge on any atom is -0.416 e. The van der Waals surface area contributed by atoms with Crippen LogP contribution in [0.4, 0.5) is 38.0 Å². The van der Waals surface area contributed by atoms with Crippen LogP contribution in [0.25, 0.3) is 5.65 Å². The fourth-order valence-electron chi connectivity index (χ4n) is 4.62. The van der Waals surface area contributed by atoms with Gasteiger partial charge in [-0.05, 0) is 34.7 Å². The second-order valence-electron chi connectivity index (χ2n) is 11.0. The SMILES string of the molecule is CC(C)(C)c1ccc(C(=O)Nc2cn3nc(N4Cc5ccccc5C4)ccc3n2)c(OC(=O)C(F)(F)F)c1OC(=O)C(F)(F)F. The average molecular weight is 636 g/mol. The van der Waals surface area contributed by atoms with Crippen LogP contribution < -0.4 is 19.7 Å². The Morgan fingerprint density at radius 1 is 0.800 bits per heavy atom. The van der Waals surface area contributed by atoms with Gasteiger partial charge in [-0.1, -0.05) is 51.1 Å². The summed E-state index contributed by atoms with van der Waals surface area (Å²) in [5.41, 5.74) is 0.297. The first-order valence-electron chi connectivity index (χ1n) is 13.2. The molecule has 2 aromatic carbocycles. The minimum atomic E-state index is -5.61. The number of amides is 1. The zero-order valence-corrected chi connectivity index (χ0v) is 23.7. The molecule has 45 heavy (non-hydrogen) atoms. The van der Waals surface area contributed by atoms with Gasteiger partial charge in [0.15, 0.2) is 23.0 Å².